The van der Waals surface area contributed by atoms with Crippen molar-refractivity contribution in [1.82, 2.24) is 0 Å². The molecule has 0 radical (unpaired) electrons. The van der Waals surface area contributed by atoms with Gasteiger partial charge in [-0.2, -0.15) is 0 Å². The zero-order chi connectivity index (χ0) is 12.4. The van der Waals surface area contributed by atoms with E-state index >= 15 is 0 Å². The quantitative estimate of drug-likeness (QED) is 0.610. The van der Waals surface area contributed by atoms with E-state index < -0.39 is 16.9 Å². The number of nitrogens with two attached hydrogens (primary N) is 1. The van der Waals surface area contributed by atoms with Crippen molar-refractivity contribution in [1.29, 1.82) is 0 Å². The second-order valence-electron chi connectivity index (χ2n) is 3.54. The average Bonchev–Trinajstić information content (AvgIpc) is 2.78. The SMILES string of the molecule is NC(=O)C1CC(c2ccc([N+](=O)[O-])cc2)=NO1. The summed E-state index contributed by atoms with van der Waals surface area (Å²) >= 11 is 0. The number of oxime groups is 1. The number of carbonyl (C=O) groups excluding carboxylic acids is 1. The van der Waals surface area contributed by atoms with Gasteiger partial charge in [-0.25, -0.2) is 0 Å². The molecule has 2 rings (SSSR count). The first kappa shape index (κ1) is 11.1. The van der Waals surface area contributed by atoms with Crippen molar-refractivity contribution in [3.8, 4) is 0 Å². The molecule has 88 valence electrons. The minimum atomic E-state index is -0.750. The molecule has 0 bridgehead atoms. The highest BCUT2D eigenvalue weighted by molar-refractivity contribution is 6.03. The molecule has 0 saturated carbocycles. The van der Waals surface area contributed by atoms with Crippen molar-refractivity contribution in [2.75, 3.05) is 0 Å². The Labute approximate surface area is 96.0 Å². The number of nitro benzene ring substituents is 1. The van der Waals surface area contributed by atoms with Crippen LogP contribution in [0.5, 0.6) is 0 Å². The molecule has 2 N–H and O–H groups in total. The summed E-state index contributed by atoms with van der Waals surface area (Å²) in [6.45, 7) is 0. The van der Waals surface area contributed by atoms with Crippen LogP contribution in [0.25, 0.3) is 0 Å². The highest BCUT2D eigenvalue weighted by Gasteiger charge is 2.26. The maximum absolute atomic E-state index is 10.9. The molecule has 0 saturated heterocycles. The van der Waals surface area contributed by atoms with Gasteiger partial charge in [0.15, 0.2) is 0 Å². The van der Waals surface area contributed by atoms with Crippen LogP contribution >= 0.6 is 0 Å². The first-order valence-corrected chi connectivity index (χ1v) is 4.85. The lowest BCUT2D eigenvalue weighted by atomic mass is 10.0. The Hall–Kier alpha value is -2.44. The Bertz CT molecular complexity index is 495. The van der Waals surface area contributed by atoms with Crippen molar-refractivity contribution < 1.29 is 14.6 Å². The minimum absolute atomic E-state index is 0.000262. The van der Waals surface area contributed by atoms with Crippen LogP contribution in [0.1, 0.15) is 12.0 Å². The van der Waals surface area contributed by atoms with E-state index in [0.717, 1.165) is 0 Å². The molecule has 1 aliphatic heterocycles. The number of hydrogen-bond acceptors (Lipinski definition) is 5. The van der Waals surface area contributed by atoms with Crippen molar-refractivity contribution in [2.24, 2.45) is 10.9 Å². The Morgan fingerprint density at radius 2 is 2.12 bits per heavy atom. The molecule has 1 amide bonds. The fourth-order valence-corrected chi connectivity index (χ4v) is 1.48. The van der Waals surface area contributed by atoms with Gasteiger partial charge in [0.05, 0.1) is 10.6 Å². The van der Waals surface area contributed by atoms with Crippen molar-refractivity contribution >= 4 is 17.3 Å². The molecule has 1 aromatic carbocycles. The van der Waals surface area contributed by atoms with E-state index in [9.17, 15) is 14.9 Å². The van der Waals surface area contributed by atoms with Gasteiger partial charge in [-0.1, -0.05) is 5.16 Å². The van der Waals surface area contributed by atoms with Crippen LogP contribution < -0.4 is 5.73 Å². The van der Waals surface area contributed by atoms with Crippen LogP contribution in [0, 0.1) is 10.1 Å². The summed E-state index contributed by atoms with van der Waals surface area (Å²) in [4.78, 5) is 25.7. The first-order valence-electron chi connectivity index (χ1n) is 4.85. The summed E-state index contributed by atoms with van der Waals surface area (Å²) in [6.07, 6.45) is -0.465. The summed E-state index contributed by atoms with van der Waals surface area (Å²) in [6, 6.07) is 5.86. The molecule has 7 nitrogen and oxygen atoms in total. The third-order valence-electron chi connectivity index (χ3n) is 2.40. The fourth-order valence-electron chi connectivity index (χ4n) is 1.48. The molecule has 0 fully saturated rings. The normalized spacial score (nSPS) is 18.4. The lowest BCUT2D eigenvalue weighted by Gasteiger charge is -2.01. The molecule has 1 aromatic rings. The van der Waals surface area contributed by atoms with E-state index in [1.807, 2.05) is 0 Å². The fraction of sp³-hybridized carbons (Fsp3) is 0.200. The largest absolute Gasteiger partial charge is 0.382 e. The smallest absolute Gasteiger partial charge is 0.269 e. The molecule has 7 heteroatoms. The third kappa shape index (κ3) is 2.22. The van der Waals surface area contributed by atoms with Crippen LogP contribution in [-0.4, -0.2) is 22.6 Å². The van der Waals surface area contributed by atoms with E-state index in [2.05, 4.69) is 5.16 Å². The number of benzene rings is 1. The minimum Gasteiger partial charge on any atom is -0.382 e. The molecular formula is C10H9N3O4. The standard InChI is InChI=1S/C10H9N3O4/c11-10(14)9-5-8(12-17-9)6-1-3-7(4-2-6)13(15)16/h1-4,9H,5H2,(H2,11,14). The van der Waals surface area contributed by atoms with Crippen LogP contribution in [0.4, 0.5) is 5.69 Å². The van der Waals surface area contributed by atoms with E-state index in [-0.39, 0.29) is 12.1 Å². The highest BCUT2D eigenvalue weighted by Crippen LogP contribution is 2.19. The summed E-state index contributed by atoms with van der Waals surface area (Å²) in [5, 5.41) is 14.2. The number of primary amides is 1. The van der Waals surface area contributed by atoms with Gasteiger partial charge in [-0.3, -0.25) is 14.9 Å². The molecule has 0 spiro atoms. The van der Waals surface area contributed by atoms with Gasteiger partial charge in [-0.15, -0.1) is 0 Å². The van der Waals surface area contributed by atoms with Crippen molar-refractivity contribution in [3.63, 3.8) is 0 Å². The molecule has 0 aromatic heterocycles. The molecule has 1 unspecified atom stereocenters. The predicted molar refractivity (Wildman–Crippen MR) is 58.3 cm³/mol. The number of hydrogen-bond donors (Lipinski definition) is 1. The molecule has 0 aliphatic carbocycles. The van der Waals surface area contributed by atoms with E-state index in [0.29, 0.717) is 11.3 Å². The van der Waals surface area contributed by atoms with Gasteiger partial charge in [0.25, 0.3) is 11.6 Å². The van der Waals surface area contributed by atoms with Crippen molar-refractivity contribution in [2.45, 2.75) is 12.5 Å². The second-order valence-corrected chi connectivity index (χ2v) is 3.54. The topological polar surface area (TPSA) is 108 Å². The number of nitro groups is 1. The number of nitrogens with zero attached hydrogens (tertiary/aromatic N) is 2. The molecule has 1 atom stereocenters. The number of non-ortho nitro benzene ring substituents is 1. The molecule has 17 heavy (non-hydrogen) atoms. The summed E-state index contributed by atoms with van der Waals surface area (Å²) in [5.74, 6) is -0.578. The zero-order valence-corrected chi connectivity index (χ0v) is 8.70. The third-order valence-corrected chi connectivity index (χ3v) is 2.40. The molecular weight excluding hydrogens is 226 g/mol. The van der Waals surface area contributed by atoms with Gasteiger partial charge in [0.2, 0.25) is 6.10 Å². The monoisotopic (exact) mass is 235 g/mol. The Kier molecular flexibility index (Phi) is 2.73. The van der Waals surface area contributed by atoms with Crippen LogP contribution in [0.3, 0.4) is 0 Å². The number of amides is 1. The number of rotatable bonds is 3. The first-order chi connectivity index (χ1) is 8.08. The molecule has 1 heterocycles. The van der Waals surface area contributed by atoms with Gasteiger partial charge in [-0.05, 0) is 17.7 Å². The van der Waals surface area contributed by atoms with Gasteiger partial charge in [0.1, 0.15) is 0 Å². The van der Waals surface area contributed by atoms with E-state index in [1.54, 1.807) is 12.1 Å². The predicted octanol–water partition coefficient (Wildman–Crippen LogP) is 0.573. The maximum atomic E-state index is 10.9. The summed E-state index contributed by atoms with van der Waals surface area (Å²) < 4.78 is 0. The average molecular weight is 235 g/mol. The van der Waals surface area contributed by atoms with Crippen LogP contribution in [0.2, 0.25) is 0 Å². The van der Waals surface area contributed by atoms with Crippen molar-refractivity contribution in [3.05, 3.63) is 39.9 Å². The second kappa shape index (κ2) is 4.20. The summed E-state index contributed by atoms with van der Waals surface area (Å²) in [7, 11) is 0. The van der Waals surface area contributed by atoms with Gasteiger partial charge < -0.3 is 10.6 Å². The maximum Gasteiger partial charge on any atom is 0.269 e. The summed E-state index contributed by atoms with van der Waals surface area (Å²) in [5.41, 5.74) is 6.31. The Morgan fingerprint density at radius 1 is 1.47 bits per heavy atom. The van der Waals surface area contributed by atoms with Gasteiger partial charge in [0, 0.05) is 18.6 Å². The lowest BCUT2D eigenvalue weighted by Crippen LogP contribution is -2.28. The van der Waals surface area contributed by atoms with Crippen LogP contribution in [-0.2, 0) is 9.63 Å². The number of carbonyl (C=O) groups is 1. The van der Waals surface area contributed by atoms with E-state index in [1.165, 1.54) is 12.1 Å². The lowest BCUT2D eigenvalue weighted by molar-refractivity contribution is -0.384. The van der Waals surface area contributed by atoms with Gasteiger partial charge >= 0.3 is 0 Å². The van der Waals surface area contributed by atoms with E-state index in [4.69, 9.17) is 10.6 Å². The molecule has 1 aliphatic rings. The Morgan fingerprint density at radius 3 is 2.59 bits per heavy atom. The zero-order valence-electron chi connectivity index (χ0n) is 8.70. The Balaban J connectivity index is 2.14. The highest BCUT2D eigenvalue weighted by atomic mass is 16.6. The van der Waals surface area contributed by atoms with Crippen LogP contribution in [0.15, 0.2) is 29.4 Å².